The number of likely N-dealkylation sites (tertiary alicyclic amines) is 1. The number of aryl methyl sites for hydroxylation is 1. The molecular weight excluding hydrogens is 210 g/mol. The maximum absolute atomic E-state index is 13.0. The van der Waals surface area contributed by atoms with Crippen molar-refractivity contribution in [3.8, 4) is 0 Å². The van der Waals surface area contributed by atoms with Crippen molar-refractivity contribution < 1.29 is 4.65 Å². The second-order valence-corrected chi connectivity index (χ2v) is 5.57. The zero-order valence-electron chi connectivity index (χ0n) is 10.4. The number of fused-ring (bicyclic) bond motifs is 1. The summed E-state index contributed by atoms with van der Waals surface area (Å²) >= 11 is 0. The standard InChI is InChI=1S/C15H21NO/c17-16(11-4-1-5-12-16)15-10-6-8-13-7-2-3-9-14(13)15/h2-3,7,9,15H,1,4-6,8,10-12H2. The molecule has 3 rings (SSSR count). The molecule has 1 aromatic carbocycles. The second kappa shape index (κ2) is 4.43. The van der Waals surface area contributed by atoms with Gasteiger partial charge in [0.1, 0.15) is 6.04 Å². The number of quaternary nitrogens is 1. The third-order valence-corrected chi connectivity index (χ3v) is 4.48. The lowest BCUT2D eigenvalue weighted by Crippen LogP contribution is -2.49. The highest BCUT2D eigenvalue weighted by molar-refractivity contribution is 5.31. The van der Waals surface area contributed by atoms with Gasteiger partial charge in [0.25, 0.3) is 0 Å². The van der Waals surface area contributed by atoms with Crippen LogP contribution in [0.4, 0.5) is 0 Å². The predicted octanol–water partition coefficient (Wildman–Crippen LogP) is 3.56. The highest BCUT2D eigenvalue weighted by Gasteiger charge is 2.34. The SMILES string of the molecule is [O-][N+]1(C2CCCc3ccccc32)CCCCC1. The van der Waals surface area contributed by atoms with Crippen LogP contribution in [0.3, 0.4) is 0 Å². The molecule has 1 atom stereocenters. The van der Waals surface area contributed by atoms with Crippen LogP contribution in [-0.4, -0.2) is 17.7 Å². The van der Waals surface area contributed by atoms with Gasteiger partial charge in [-0.2, -0.15) is 0 Å². The Morgan fingerprint density at radius 3 is 2.59 bits per heavy atom. The fourth-order valence-corrected chi connectivity index (χ4v) is 3.58. The van der Waals surface area contributed by atoms with Gasteiger partial charge >= 0.3 is 0 Å². The first kappa shape index (κ1) is 11.2. The van der Waals surface area contributed by atoms with E-state index in [0.29, 0.717) is 0 Å². The van der Waals surface area contributed by atoms with Crippen molar-refractivity contribution in [2.45, 2.75) is 44.6 Å². The summed E-state index contributed by atoms with van der Waals surface area (Å²) in [6, 6.07) is 8.81. The Kier molecular flexibility index (Phi) is 2.93. The van der Waals surface area contributed by atoms with E-state index in [2.05, 4.69) is 24.3 Å². The molecule has 1 heterocycles. The summed E-state index contributed by atoms with van der Waals surface area (Å²) < 4.78 is 0.0526. The molecule has 0 amide bonds. The zero-order valence-corrected chi connectivity index (χ0v) is 10.4. The van der Waals surface area contributed by atoms with E-state index in [-0.39, 0.29) is 10.7 Å². The average molecular weight is 231 g/mol. The first-order chi connectivity index (χ1) is 8.30. The molecule has 0 bridgehead atoms. The Labute approximate surface area is 103 Å². The quantitative estimate of drug-likeness (QED) is 0.535. The predicted molar refractivity (Wildman–Crippen MR) is 69.3 cm³/mol. The van der Waals surface area contributed by atoms with Gasteiger partial charge in [0.2, 0.25) is 0 Å². The van der Waals surface area contributed by atoms with Crippen molar-refractivity contribution in [2.24, 2.45) is 0 Å². The fourth-order valence-electron chi connectivity index (χ4n) is 3.58. The molecule has 17 heavy (non-hydrogen) atoms. The minimum absolute atomic E-state index is 0.0526. The van der Waals surface area contributed by atoms with E-state index >= 15 is 0 Å². The number of hydrogen-bond donors (Lipinski definition) is 0. The lowest BCUT2D eigenvalue weighted by atomic mass is 9.85. The number of hydroxylamine groups is 3. The maximum atomic E-state index is 13.0. The molecule has 1 aromatic rings. The molecule has 2 nitrogen and oxygen atoms in total. The van der Waals surface area contributed by atoms with Crippen molar-refractivity contribution in [1.82, 2.24) is 0 Å². The van der Waals surface area contributed by atoms with Crippen LogP contribution >= 0.6 is 0 Å². The highest BCUT2D eigenvalue weighted by atomic mass is 16.5. The Hall–Kier alpha value is -0.860. The van der Waals surface area contributed by atoms with Crippen LogP contribution in [0, 0.1) is 5.21 Å². The number of nitrogens with zero attached hydrogens (tertiary/aromatic N) is 1. The molecule has 1 aliphatic heterocycles. The van der Waals surface area contributed by atoms with Crippen molar-refractivity contribution in [3.05, 3.63) is 40.6 Å². The molecule has 1 unspecified atom stereocenters. The van der Waals surface area contributed by atoms with Crippen LogP contribution in [0.1, 0.15) is 49.3 Å². The molecule has 2 heteroatoms. The van der Waals surface area contributed by atoms with Gasteiger partial charge in [-0.1, -0.05) is 24.3 Å². The van der Waals surface area contributed by atoms with Crippen LogP contribution in [0.25, 0.3) is 0 Å². The van der Waals surface area contributed by atoms with Crippen LogP contribution in [-0.2, 0) is 6.42 Å². The monoisotopic (exact) mass is 231 g/mol. The Bertz CT molecular complexity index is 396. The summed E-state index contributed by atoms with van der Waals surface area (Å²) in [6.45, 7) is 1.66. The molecule has 0 N–H and O–H groups in total. The molecular formula is C15H21NO. The Balaban J connectivity index is 1.94. The number of rotatable bonds is 1. The molecule has 0 saturated carbocycles. The van der Waals surface area contributed by atoms with Crippen molar-refractivity contribution in [2.75, 3.05) is 13.1 Å². The maximum Gasteiger partial charge on any atom is 0.115 e. The first-order valence-corrected chi connectivity index (χ1v) is 6.95. The van der Waals surface area contributed by atoms with Crippen LogP contribution in [0.15, 0.2) is 24.3 Å². The third kappa shape index (κ3) is 2.00. The Morgan fingerprint density at radius 1 is 1.00 bits per heavy atom. The molecule has 92 valence electrons. The first-order valence-electron chi connectivity index (χ1n) is 6.95. The normalized spacial score (nSPS) is 27.5. The zero-order chi connectivity index (χ0) is 11.7. The second-order valence-electron chi connectivity index (χ2n) is 5.57. The lowest BCUT2D eigenvalue weighted by molar-refractivity contribution is -0.916. The van der Waals surface area contributed by atoms with Crippen molar-refractivity contribution in [1.29, 1.82) is 0 Å². The van der Waals surface area contributed by atoms with E-state index in [4.69, 9.17) is 0 Å². The molecule has 0 spiro atoms. The largest absolute Gasteiger partial charge is 0.632 e. The molecule has 2 aliphatic rings. The van der Waals surface area contributed by atoms with Crippen LogP contribution in [0.5, 0.6) is 0 Å². The van der Waals surface area contributed by atoms with E-state index in [1.165, 1.54) is 24.0 Å². The van der Waals surface area contributed by atoms with E-state index in [9.17, 15) is 5.21 Å². The van der Waals surface area contributed by atoms with Crippen LogP contribution < -0.4 is 0 Å². The average Bonchev–Trinajstić information content (AvgIpc) is 2.39. The van der Waals surface area contributed by atoms with Gasteiger partial charge in [0.05, 0.1) is 13.1 Å². The smallest absolute Gasteiger partial charge is 0.115 e. The van der Waals surface area contributed by atoms with Gasteiger partial charge in [0, 0.05) is 12.0 Å². The van der Waals surface area contributed by atoms with Crippen molar-refractivity contribution >= 4 is 0 Å². The minimum Gasteiger partial charge on any atom is -0.632 e. The van der Waals surface area contributed by atoms with Gasteiger partial charge in [-0.25, -0.2) is 0 Å². The van der Waals surface area contributed by atoms with E-state index in [1.54, 1.807) is 0 Å². The van der Waals surface area contributed by atoms with Gasteiger partial charge in [0.15, 0.2) is 0 Å². The van der Waals surface area contributed by atoms with Crippen molar-refractivity contribution in [3.63, 3.8) is 0 Å². The van der Waals surface area contributed by atoms with Gasteiger partial charge < -0.3 is 9.85 Å². The Morgan fingerprint density at radius 2 is 1.76 bits per heavy atom. The summed E-state index contributed by atoms with van der Waals surface area (Å²) in [4.78, 5) is 0. The molecule has 1 saturated heterocycles. The summed E-state index contributed by atoms with van der Waals surface area (Å²) in [5, 5.41) is 13.0. The summed E-state index contributed by atoms with van der Waals surface area (Å²) in [5.41, 5.74) is 2.76. The molecule has 1 aliphatic carbocycles. The van der Waals surface area contributed by atoms with Crippen LogP contribution in [0.2, 0.25) is 0 Å². The molecule has 1 fully saturated rings. The molecule has 0 radical (unpaired) electrons. The summed E-state index contributed by atoms with van der Waals surface area (Å²) in [5.74, 6) is 0. The number of piperidine rings is 1. The third-order valence-electron chi connectivity index (χ3n) is 4.48. The highest BCUT2D eigenvalue weighted by Crippen LogP contribution is 2.40. The van der Waals surface area contributed by atoms with Gasteiger partial charge in [-0.15, -0.1) is 0 Å². The summed E-state index contributed by atoms with van der Waals surface area (Å²) in [7, 11) is 0. The topological polar surface area (TPSA) is 23.1 Å². The van der Waals surface area contributed by atoms with Gasteiger partial charge in [-0.05, 0) is 37.7 Å². The molecule has 0 aromatic heterocycles. The fraction of sp³-hybridized carbons (Fsp3) is 0.600. The number of hydrogen-bond acceptors (Lipinski definition) is 1. The minimum atomic E-state index is 0.0526. The lowest BCUT2D eigenvalue weighted by Gasteiger charge is -2.52. The number of benzene rings is 1. The van der Waals surface area contributed by atoms with E-state index < -0.39 is 0 Å². The summed E-state index contributed by atoms with van der Waals surface area (Å²) in [6.07, 6.45) is 6.90. The van der Waals surface area contributed by atoms with Gasteiger partial charge in [-0.3, -0.25) is 0 Å². The van der Waals surface area contributed by atoms with E-state index in [0.717, 1.165) is 38.8 Å². The van der Waals surface area contributed by atoms with E-state index in [1.807, 2.05) is 0 Å².